The molecule has 1 atom stereocenters. The highest BCUT2D eigenvalue weighted by molar-refractivity contribution is 5.81. The summed E-state index contributed by atoms with van der Waals surface area (Å²) in [7, 11) is 0. The number of carboxylic acid groups (broad SMARTS) is 1. The van der Waals surface area contributed by atoms with E-state index in [1.165, 1.54) is 24.3 Å². The van der Waals surface area contributed by atoms with Gasteiger partial charge >= 0.3 is 5.97 Å². The summed E-state index contributed by atoms with van der Waals surface area (Å²) in [5, 5.41) is 35.2. The average molecular weight is 542 g/mol. The fourth-order valence-electron chi connectivity index (χ4n) is 4.67. The number of phenolic OH excluding ortho intramolecular Hbond substituents is 2. The Kier molecular flexibility index (Phi) is 6.77. The molecular formula is C31H28FN3O5. The normalized spacial score (nSPS) is 12.5. The second kappa shape index (κ2) is 10.1. The smallest absolute Gasteiger partial charge is 0.337 e. The molecule has 0 spiro atoms. The Bertz CT molecular complexity index is 1740. The van der Waals surface area contributed by atoms with Gasteiger partial charge in [0.2, 0.25) is 0 Å². The van der Waals surface area contributed by atoms with Crippen molar-refractivity contribution < 1.29 is 29.2 Å². The van der Waals surface area contributed by atoms with Crippen LogP contribution in [-0.2, 0) is 9.53 Å². The monoisotopic (exact) mass is 541 g/mol. The zero-order chi connectivity index (χ0) is 28.8. The maximum absolute atomic E-state index is 13.5. The van der Waals surface area contributed by atoms with Crippen molar-refractivity contribution in [1.82, 2.24) is 14.6 Å². The van der Waals surface area contributed by atoms with Crippen LogP contribution in [0.1, 0.15) is 38.1 Å². The SMILES string of the molecule is Cc1nc2cc(-c3cccc(-c4ccc(F)cc4O)c3)nn2c(-c2ccc(O)cc2)c1C(OC(C)(C)C)C(=O)O. The van der Waals surface area contributed by atoms with Gasteiger partial charge in [0.25, 0.3) is 0 Å². The first-order valence-corrected chi connectivity index (χ1v) is 12.6. The van der Waals surface area contributed by atoms with E-state index >= 15 is 0 Å². The third-order valence-corrected chi connectivity index (χ3v) is 6.36. The van der Waals surface area contributed by atoms with Crippen molar-refractivity contribution in [2.45, 2.75) is 39.4 Å². The van der Waals surface area contributed by atoms with E-state index in [-0.39, 0.29) is 11.5 Å². The van der Waals surface area contributed by atoms with Crippen LogP contribution in [0, 0.1) is 12.7 Å². The van der Waals surface area contributed by atoms with E-state index in [4.69, 9.17) is 9.84 Å². The van der Waals surface area contributed by atoms with Crippen molar-refractivity contribution in [1.29, 1.82) is 0 Å². The van der Waals surface area contributed by atoms with E-state index < -0.39 is 23.5 Å². The Labute approximate surface area is 230 Å². The molecule has 0 aliphatic carbocycles. The third kappa shape index (κ3) is 5.23. The first-order chi connectivity index (χ1) is 18.9. The number of carbonyl (C=O) groups is 1. The van der Waals surface area contributed by atoms with Gasteiger partial charge in [-0.15, -0.1) is 0 Å². The Morgan fingerprint density at radius 3 is 2.30 bits per heavy atom. The number of hydrogen-bond donors (Lipinski definition) is 3. The van der Waals surface area contributed by atoms with E-state index in [2.05, 4.69) is 4.98 Å². The topological polar surface area (TPSA) is 117 Å². The van der Waals surface area contributed by atoms with Gasteiger partial charge in [0.15, 0.2) is 11.8 Å². The van der Waals surface area contributed by atoms with Crippen molar-refractivity contribution in [2.24, 2.45) is 0 Å². The number of halogens is 1. The number of ether oxygens (including phenoxy) is 1. The maximum atomic E-state index is 13.5. The van der Waals surface area contributed by atoms with Gasteiger partial charge < -0.3 is 20.1 Å². The first kappa shape index (κ1) is 26.8. The highest BCUT2D eigenvalue weighted by Crippen LogP contribution is 2.37. The highest BCUT2D eigenvalue weighted by Gasteiger charge is 2.33. The van der Waals surface area contributed by atoms with Crippen molar-refractivity contribution in [3.05, 3.63) is 89.9 Å². The van der Waals surface area contributed by atoms with Crippen LogP contribution in [0.5, 0.6) is 11.5 Å². The summed E-state index contributed by atoms with van der Waals surface area (Å²) in [6.45, 7) is 7.07. The number of nitrogens with zero attached hydrogens (tertiary/aromatic N) is 3. The van der Waals surface area contributed by atoms with Gasteiger partial charge in [-0.25, -0.2) is 18.7 Å². The Hall–Kier alpha value is -4.76. The van der Waals surface area contributed by atoms with Crippen LogP contribution in [0.3, 0.4) is 0 Å². The van der Waals surface area contributed by atoms with Crippen molar-refractivity contribution >= 4 is 11.6 Å². The number of aromatic nitrogens is 3. The molecule has 8 nitrogen and oxygen atoms in total. The summed E-state index contributed by atoms with van der Waals surface area (Å²) >= 11 is 0. The summed E-state index contributed by atoms with van der Waals surface area (Å²) in [6.07, 6.45) is -1.34. The van der Waals surface area contributed by atoms with Crippen LogP contribution in [0.4, 0.5) is 4.39 Å². The summed E-state index contributed by atoms with van der Waals surface area (Å²) in [5.41, 5.74) is 4.01. The quantitative estimate of drug-likeness (QED) is 0.224. The predicted octanol–water partition coefficient (Wildman–Crippen LogP) is 6.53. The zero-order valence-electron chi connectivity index (χ0n) is 22.4. The van der Waals surface area contributed by atoms with E-state index in [1.807, 2.05) is 12.1 Å². The van der Waals surface area contributed by atoms with Gasteiger partial charge in [0.1, 0.15) is 17.3 Å². The highest BCUT2D eigenvalue weighted by atomic mass is 19.1. The lowest BCUT2D eigenvalue weighted by molar-refractivity contribution is -0.160. The number of aryl methyl sites for hydroxylation is 1. The number of phenols is 2. The number of aliphatic carboxylic acids is 1. The molecule has 2 aromatic heterocycles. The summed E-state index contributed by atoms with van der Waals surface area (Å²) in [4.78, 5) is 17.2. The minimum Gasteiger partial charge on any atom is -0.508 e. The molecular weight excluding hydrogens is 513 g/mol. The van der Waals surface area contributed by atoms with Crippen LogP contribution in [0.2, 0.25) is 0 Å². The molecule has 0 aliphatic heterocycles. The first-order valence-electron chi connectivity index (χ1n) is 12.6. The van der Waals surface area contributed by atoms with Crippen molar-refractivity contribution in [2.75, 3.05) is 0 Å². The zero-order valence-corrected chi connectivity index (χ0v) is 22.4. The van der Waals surface area contributed by atoms with Gasteiger partial charge in [-0.2, -0.15) is 5.10 Å². The van der Waals surface area contributed by atoms with Crippen LogP contribution in [0.25, 0.3) is 39.3 Å². The molecule has 0 saturated carbocycles. The minimum atomic E-state index is -1.34. The summed E-state index contributed by atoms with van der Waals surface area (Å²) < 4.78 is 21.1. The molecule has 2 heterocycles. The van der Waals surface area contributed by atoms with E-state index in [1.54, 1.807) is 62.5 Å². The van der Waals surface area contributed by atoms with Gasteiger partial charge in [-0.05, 0) is 75.7 Å². The van der Waals surface area contributed by atoms with E-state index in [0.717, 1.165) is 6.07 Å². The number of aromatic hydroxyl groups is 2. The minimum absolute atomic E-state index is 0.0649. The van der Waals surface area contributed by atoms with Crippen molar-refractivity contribution in [3.8, 4) is 45.1 Å². The molecule has 9 heteroatoms. The van der Waals surface area contributed by atoms with Crippen LogP contribution in [0.15, 0.2) is 72.8 Å². The number of fused-ring (bicyclic) bond motifs is 1. The molecule has 40 heavy (non-hydrogen) atoms. The Morgan fingerprint density at radius 2 is 1.65 bits per heavy atom. The molecule has 0 bridgehead atoms. The molecule has 0 aliphatic rings. The van der Waals surface area contributed by atoms with Gasteiger partial charge in [-0.1, -0.05) is 18.2 Å². The third-order valence-electron chi connectivity index (χ3n) is 6.36. The molecule has 1 unspecified atom stereocenters. The molecule has 0 radical (unpaired) electrons. The van der Waals surface area contributed by atoms with Crippen molar-refractivity contribution in [3.63, 3.8) is 0 Å². The molecule has 3 N–H and O–H groups in total. The predicted molar refractivity (Wildman–Crippen MR) is 149 cm³/mol. The molecule has 0 saturated heterocycles. The second-order valence-electron chi connectivity index (χ2n) is 10.5. The number of benzene rings is 3. The molecule has 204 valence electrons. The lowest BCUT2D eigenvalue weighted by Crippen LogP contribution is -2.29. The molecule has 3 aromatic carbocycles. The van der Waals surface area contributed by atoms with E-state index in [0.29, 0.717) is 50.5 Å². The lowest BCUT2D eigenvalue weighted by atomic mass is 9.99. The molecule has 5 aromatic rings. The number of hydrogen-bond acceptors (Lipinski definition) is 6. The fraction of sp³-hybridized carbons (Fsp3) is 0.194. The molecule has 0 fully saturated rings. The summed E-state index contributed by atoms with van der Waals surface area (Å²) in [6, 6.07) is 19.3. The number of carboxylic acids is 1. The summed E-state index contributed by atoms with van der Waals surface area (Å²) in [5.74, 6) is -1.82. The maximum Gasteiger partial charge on any atom is 0.337 e. The van der Waals surface area contributed by atoms with Crippen LogP contribution >= 0.6 is 0 Å². The number of rotatable bonds is 6. The van der Waals surface area contributed by atoms with Crippen LogP contribution < -0.4 is 0 Å². The largest absolute Gasteiger partial charge is 0.508 e. The standard InChI is InChI=1S/C31H28FN3O5/c1-17-27(29(30(38)39)40-31(2,3)4)28(18-8-11-22(36)12-9-18)35-26(33-17)16-24(34-35)20-7-5-6-19(14-20)23-13-10-21(32)15-25(23)37/h5-16,29,36-37H,1-4H3,(H,38,39). The van der Waals surface area contributed by atoms with Gasteiger partial charge in [0, 0.05) is 40.1 Å². The average Bonchev–Trinajstić information content (AvgIpc) is 3.30. The van der Waals surface area contributed by atoms with Gasteiger partial charge in [0.05, 0.1) is 17.0 Å². The fourth-order valence-corrected chi connectivity index (χ4v) is 4.67. The van der Waals surface area contributed by atoms with Crippen LogP contribution in [-0.4, -0.2) is 41.5 Å². The van der Waals surface area contributed by atoms with E-state index in [9.17, 15) is 24.5 Å². The Balaban J connectivity index is 1.73. The second-order valence-corrected chi connectivity index (χ2v) is 10.5. The molecule has 0 amide bonds. The Morgan fingerprint density at radius 1 is 0.950 bits per heavy atom. The van der Waals surface area contributed by atoms with Gasteiger partial charge in [-0.3, -0.25) is 0 Å². The molecule has 5 rings (SSSR count). The lowest BCUT2D eigenvalue weighted by Gasteiger charge is -2.27.